The number of rotatable bonds is 1. The Kier molecular flexibility index (Phi) is 24.1. The third-order valence-electron chi connectivity index (χ3n) is 0.289. The molecule has 0 fully saturated rings. The summed E-state index contributed by atoms with van der Waals surface area (Å²) in [5.74, 6) is 0. The Hall–Kier alpha value is -0.0800. The number of hydrogen-bond donors (Lipinski definition) is 2. The second kappa shape index (κ2) is 16.8. The van der Waals surface area contributed by atoms with Gasteiger partial charge in [-0.25, -0.2) is 0 Å². The van der Waals surface area contributed by atoms with Crippen molar-refractivity contribution in [3.8, 4) is 0 Å². The van der Waals surface area contributed by atoms with Gasteiger partial charge in [-0.2, -0.15) is 0 Å². The van der Waals surface area contributed by atoms with Gasteiger partial charge in [-0.3, -0.25) is 0 Å². The fourth-order valence-electron chi connectivity index (χ4n) is 0. The maximum Gasteiger partial charge on any atom is 0.0402 e. The lowest BCUT2D eigenvalue weighted by Crippen LogP contribution is -1.93. The minimum Gasteiger partial charge on any atom is -0.397 e. The van der Waals surface area contributed by atoms with Gasteiger partial charge in [-0.15, -0.1) is 0 Å². The monoisotopic (exact) mass is 105 g/mol. The largest absolute Gasteiger partial charge is 0.397 e. The van der Waals surface area contributed by atoms with Crippen LogP contribution in [0.25, 0.3) is 0 Å². The lowest BCUT2D eigenvalue weighted by molar-refractivity contribution is 0.318. The molecule has 0 spiro atoms. The van der Waals surface area contributed by atoms with E-state index >= 15 is 0 Å². The summed E-state index contributed by atoms with van der Waals surface area (Å²) in [4.78, 5) is 0. The van der Waals surface area contributed by atoms with E-state index < -0.39 is 0 Å². The Labute approximate surface area is 45.3 Å². The lowest BCUT2D eigenvalue weighted by Gasteiger charge is -1.70. The molecule has 0 saturated heterocycles. The van der Waals surface area contributed by atoms with Crippen LogP contribution in [0.5, 0.6) is 0 Å². The number of nitrogens with two attached hydrogens (primary N) is 1. The van der Waals surface area contributed by atoms with Gasteiger partial charge in [0.15, 0.2) is 0 Å². The topological polar surface area (TPSA) is 46.2 Å². The number of aliphatic hydroxyl groups excluding tert-OH is 1. The third-order valence-corrected chi connectivity index (χ3v) is 0.289. The van der Waals surface area contributed by atoms with E-state index in [1.54, 1.807) is 6.92 Å². The lowest BCUT2D eigenvalue weighted by atomic mass is 10.5. The zero-order chi connectivity index (χ0) is 6.12. The zero-order valence-corrected chi connectivity index (χ0v) is 5.15. The van der Waals surface area contributed by atoms with Gasteiger partial charge >= 0.3 is 0 Å². The predicted molar refractivity (Wildman–Crippen MR) is 32.1 cm³/mol. The Balaban J connectivity index is 0. The van der Waals surface area contributed by atoms with Crippen molar-refractivity contribution in [3.63, 3.8) is 0 Å². The van der Waals surface area contributed by atoms with Crippen LogP contribution in [0.3, 0.4) is 0 Å². The Morgan fingerprint density at radius 1 is 1.43 bits per heavy atom. The van der Waals surface area contributed by atoms with Crippen molar-refractivity contribution in [2.75, 3.05) is 13.2 Å². The second-order valence-electron chi connectivity index (χ2n) is 1.10. The highest BCUT2D eigenvalue weighted by Crippen LogP contribution is 1.57. The second-order valence-corrected chi connectivity index (χ2v) is 1.10. The minimum absolute atomic E-state index is 0.250. The van der Waals surface area contributed by atoms with Gasteiger partial charge in [0.1, 0.15) is 0 Å². The van der Waals surface area contributed by atoms with E-state index in [9.17, 15) is 0 Å². The number of aliphatic hydroxyl groups is 1. The van der Waals surface area contributed by atoms with E-state index in [1.165, 1.54) is 0 Å². The van der Waals surface area contributed by atoms with Gasteiger partial charge in [0.05, 0.1) is 0 Å². The molecule has 2 nitrogen and oxygen atoms in total. The summed E-state index contributed by atoms with van der Waals surface area (Å²) in [6.07, 6.45) is 1.10. The molecule has 2 heteroatoms. The molecule has 0 aromatic carbocycles. The summed E-state index contributed by atoms with van der Waals surface area (Å²) in [7, 11) is 0. The van der Waals surface area contributed by atoms with E-state index in [0.29, 0.717) is 0 Å². The summed E-state index contributed by atoms with van der Waals surface area (Å²) in [6.45, 7) is 4.81. The number of hydrogen-bond acceptors (Lipinski definition) is 2. The highest BCUT2D eigenvalue weighted by Gasteiger charge is 1.55. The van der Waals surface area contributed by atoms with Crippen LogP contribution >= 0.6 is 0 Å². The molecule has 3 N–H and O–H groups in total. The highest BCUT2D eigenvalue weighted by molar-refractivity contribution is 4.19. The van der Waals surface area contributed by atoms with Crippen LogP contribution < -0.4 is 5.73 Å². The average molecular weight is 105 g/mol. The first-order valence-corrected chi connectivity index (χ1v) is 2.64. The molecule has 0 aliphatic rings. The molecule has 0 saturated carbocycles. The maximum atomic E-state index is 7.57. The Morgan fingerprint density at radius 3 is 1.57 bits per heavy atom. The van der Waals surface area contributed by atoms with Gasteiger partial charge in [-0.1, -0.05) is 6.92 Å². The van der Waals surface area contributed by atoms with Crippen molar-refractivity contribution in [2.45, 2.75) is 20.3 Å². The van der Waals surface area contributed by atoms with Gasteiger partial charge in [0, 0.05) is 6.61 Å². The first kappa shape index (κ1) is 10.0. The Morgan fingerprint density at radius 2 is 1.57 bits per heavy atom. The molecule has 0 heterocycles. The highest BCUT2D eigenvalue weighted by atomic mass is 16.2. The van der Waals surface area contributed by atoms with Crippen LogP contribution in [-0.2, 0) is 0 Å². The molecule has 0 radical (unpaired) electrons. The Bertz CT molecular complexity index is 15.6. The van der Waals surface area contributed by atoms with Crippen LogP contribution in [-0.4, -0.2) is 18.3 Å². The van der Waals surface area contributed by atoms with E-state index in [1.807, 2.05) is 0 Å². The molecule has 0 unspecified atom stereocenters. The summed E-state index contributed by atoms with van der Waals surface area (Å²) < 4.78 is 0. The molecule has 46 valence electrons. The molecule has 0 aliphatic carbocycles. The van der Waals surface area contributed by atoms with Crippen molar-refractivity contribution in [1.29, 1.82) is 0 Å². The van der Waals surface area contributed by atoms with Crippen LogP contribution in [0.4, 0.5) is 0 Å². The average Bonchev–Trinajstić information content (AvgIpc) is 1.69. The summed E-state index contributed by atoms with van der Waals surface area (Å²) in [6, 6.07) is 0. The van der Waals surface area contributed by atoms with Crippen LogP contribution in [0.2, 0.25) is 0 Å². The van der Waals surface area contributed by atoms with Gasteiger partial charge in [0.25, 0.3) is 0 Å². The molecular weight excluding hydrogens is 90.1 g/mol. The SMILES string of the molecule is CCCN.CCO. The van der Waals surface area contributed by atoms with Crippen LogP contribution in [0.15, 0.2) is 0 Å². The fourth-order valence-corrected chi connectivity index (χ4v) is 0. The van der Waals surface area contributed by atoms with Crippen LogP contribution in [0.1, 0.15) is 20.3 Å². The van der Waals surface area contributed by atoms with Crippen LogP contribution in [0, 0.1) is 0 Å². The smallest absolute Gasteiger partial charge is 0.0402 e. The summed E-state index contributed by atoms with van der Waals surface area (Å²) in [5, 5.41) is 7.57. The summed E-state index contributed by atoms with van der Waals surface area (Å²) in [5.41, 5.74) is 5.03. The van der Waals surface area contributed by atoms with E-state index in [2.05, 4.69) is 6.92 Å². The molecular formula is C5H15NO. The minimum atomic E-state index is 0.250. The van der Waals surface area contributed by atoms with E-state index in [0.717, 1.165) is 13.0 Å². The quantitative estimate of drug-likeness (QED) is 0.505. The third kappa shape index (κ3) is 107. The van der Waals surface area contributed by atoms with Crippen molar-refractivity contribution < 1.29 is 5.11 Å². The maximum absolute atomic E-state index is 7.57. The van der Waals surface area contributed by atoms with Crippen molar-refractivity contribution in [1.82, 2.24) is 0 Å². The summed E-state index contributed by atoms with van der Waals surface area (Å²) >= 11 is 0. The van der Waals surface area contributed by atoms with E-state index in [4.69, 9.17) is 10.8 Å². The first-order valence-electron chi connectivity index (χ1n) is 2.64. The molecule has 0 amide bonds. The molecule has 0 rings (SSSR count). The molecule has 7 heavy (non-hydrogen) atoms. The van der Waals surface area contributed by atoms with Crippen molar-refractivity contribution >= 4 is 0 Å². The molecule has 0 aliphatic heterocycles. The molecule has 0 atom stereocenters. The van der Waals surface area contributed by atoms with Gasteiger partial charge in [0.2, 0.25) is 0 Å². The van der Waals surface area contributed by atoms with E-state index in [-0.39, 0.29) is 6.61 Å². The first-order chi connectivity index (χ1) is 3.33. The predicted octanol–water partition coefficient (Wildman–Crippen LogP) is 0.354. The molecule has 0 aromatic heterocycles. The molecule has 0 bridgehead atoms. The van der Waals surface area contributed by atoms with Gasteiger partial charge in [-0.05, 0) is 19.9 Å². The molecule has 0 aromatic rings. The van der Waals surface area contributed by atoms with Crippen molar-refractivity contribution in [2.24, 2.45) is 5.73 Å². The van der Waals surface area contributed by atoms with Crippen molar-refractivity contribution in [3.05, 3.63) is 0 Å². The standard InChI is InChI=1S/C3H9N.C2H6O/c1-2-3-4;1-2-3/h2-4H2,1H3;3H,2H2,1H3. The van der Waals surface area contributed by atoms with Gasteiger partial charge < -0.3 is 10.8 Å². The zero-order valence-electron chi connectivity index (χ0n) is 5.15. The fraction of sp³-hybridized carbons (Fsp3) is 1.00. The normalized spacial score (nSPS) is 6.86.